The van der Waals surface area contributed by atoms with Crippen LogP contribution in [0.5, 0.6) is 0 Å². The highest BCUT2D eigenvalue weighted by Crippen LogP contribution is 2.40. The zero-order valence-corrected chi connectivity index (χ0v) is 17.3. The molecule has 0 saturated carbocycles. The van der Waals surface area contributed by atoms with Crippen molar-refractivity contribution in [1.82, 2.24) is 4.90 Å². The van der Waals surface area contributed by atoms with Gasteiger partial charge in [0, 0.05) is 18.0 Å². The van der Waals surface area contributed by atoms with Crippen molar-refractivity contribution in [2.75, 3.05) is 19.0 Å². The van der Waals surface area contributed by atoms with Crippen molar-refractivity contribution in [1.29, 1.82) is 0 Å². The van der Waals surface area contributed by atoms with Gasteiger partial charge in [-0.05, 0) is 60.5 Å². The van der Waals surface area contributed by atoms with Crippen LogP contribution in [0.25, 0.3) is 0 Å². The standard InChI is InChI=1S/C21H24N2O2S2/c1-13-7-8-16-17(11-13)27-19(18(16)20(24)25-2)22-21(26)23-10-9-14-5-3-4-6-15(14)12-23/h3-6,13H,7-12H2,1-2H3,(H,22,26)/t13-/m1/s1. The van der Waals surface area contributed by atoms with E-state index < -0.39 is 0 Å². The van der Waals surface area contributed by atoms with E-state index in [2.05, 4.69) is 41.4 Å². The van der Waals surface area contributed by atoms with Gasteiger partial charge in [-0.25, -0.2) is 4.79 Å². The van der Waals surface area contributed by atoms with Crippen molar-refractivity contribution < 1.29 is 9.53 Å². The summed E-state index contributed by atoms with van der Waals surface area (Å²) in [5.74, 6) is 0.386. The zero-order valence-electron chi connectivity index (χ0n) is 15.7. The molecule has 4 rings (SSSR count). The Kier molecular flexibility index (Phi) is 5.19. The number of carbonyl (C=O) groups excluding carboxylic acids is 1. The predicted octanol–water partition coefficient (Wildman–Crippen LogP) is 4.41. The van der Waals surface area contributed by atoms with Crippen molar-refractivity contribution >= 4 is 39.6 Å². The van der Waals surface area contributed by atoms with Gasteiger partial charge in [0.1, 0.15) is 5.00 Å². The van der Waals surface area contributed by atoms with Gasteiger partial charge in [0.05, 0.1) is 12.7 Å². The average molecular weight is 401 g/mol. The molecule has 0 radical (unpaired) electrons. The summed E-state index contributed by atoms with van der Waals surface area (Å²) in [4.78, 5) is 15.9. The first kappa shape index (κ1) is 18.4. The molecule has 0 spiro atoms. The van der Waals surface area contributed by atoms with E-state index in [-0.39, 0.29) is 5.97 Å². The Balaban J connectivity index is 1.57. The lowest BCUT2D eigenvalue weighted by Gasteiger charge is -2.31. The van der Waals surface area contributed by atoms with Crippen molar-refractivity contribution in [3.8, 4) is 0 Å². The van der Waals surface area contributed by atoms with Crippen molar-refractivity contribution in [2.45, 2.75) is 39.2 Å². The summed E-state index contributed by atoms with van der Waals surface area (Å²) in [6, 6.07) is 8.51. The highest BCUT2D eigenvalue weighted by Gasteiger charge is 2.29. The molecule has 0 saturated heterocycles. The van der Waals surface area contributed by atoms with Gasteiger partial charge in [0.2, 0.25) is 0 Å². The molecule has 1 aliphatic carbocycles. The smallest absolute Gasteiger partial charge is 0.341 e. The van der Waals surface area contributed by atoms with E-state index in [4.69, 9.17) is 17.0 Å². The summed E-state index contributed by atoms with van der Waals surface area (Å²) in [5, 5.41) is 4.89. The summed E-state index contributed by atoms with van der Waals surface area (Å²) >= 11 is 7.36. The second-order valence-electron chi connectivity index (χ2n) is 7.42. The first-order chi connectivity index (χ1) is 13.1. The van der Waals surface area contributed by atoms with Crippen LogP contribution in [0.15, 0.2) is 24.3 Å². The average Bonchev–Trinajstić information content (AvgIpc) is 3.03. The maximum atomic E-state index is 12.5. The third-order valence-corrected chi connectivity index (χ3v) is 7.07. The highest BCUT2D eigenvalue weighted by atomic mass is 32.1. The molecule has 2 heterocycles. The molecule has 0 unspecified atom stereocenters. The van der Waals surface area contributed by atoms with E-state index in [1.807, 2.05) is 0 Å². The molecule has 1 aromatic heterocycles. The number of nitrogens with zero attached hydrogens (tertiary/aromatic N) is 1. The predicted molar refractivity (Wildman–Crippen MR) is 114 cm³/mol. The second-order valence-corrected chi connectivity index (χ2v) is 8.91. The fraction of sp³-hybridized carbons (Fsp3) is 0.429. The number of hydrogen-bond acceptors (Lipinski definition) is 4. The third-order valence-electron chi connectivity index (χ3n) is 5.54. The van der Waals surface area contributed by atoms with Crippen LogP contribution in [0.2, 0.25) is 0 Å². The molecule has 6 heteroatoms. The molecule has 27 heavy (non-hydrogen) atoms. The fourth-order valence-corrected chi connectivity index (χ4v) is 5.72. The number of carbonyl (C=O) groups is 1. The summed E-state index contributed by atoms with van der Waals surface area (Å²) in [5.41, 5.74) is 4.55. The van der Waals surface area contributed by atoms with Gasteiger partial charge in [-0.3, -0.25) is 0 Å². The van der Waals surface area contributed by atoms with E-state index in [0.29, 0.717) is 16.6 Å². The van der Waals surface area contributed by atoms with Crippen LogP contribution in [0.4, 0.5) is 5.00 Å². The minimum absolute atomic E-state index is 0.267. The molecule has 1 aliphatic heterocycles. The Hall–Kier alpha value is -1.92. The highest BCUT2D eigenvalue weighted by molar-refractivity contribution is 7.80. The number of nitrogens with one attached hydrogen (secondary N) is 1. The Labute approximate surface area is 169 Å². The van der Waals surface area contributed by atoms with Gasteiger partial charge < -0.3 is 15.0 Å². The van der Waals surface area contributed by atoms with E-state index in [1.54, 1.807) is 11.3 Å². The third kappa shape index (κ3) is 3.60. The van der Waals surface area contributed by atoms with Crippen LogP contribution in [-0.2, 0) is 30.5 Å². The molecule has 1 N–H and O–H groups in total. The maximum absolute atomic E-state index is 12.5. The number of rotatable bonds is 2. The molecule has 0 fully saturated rings. The quantitative estimate of drug-likeness (QED) is 0.597. The Morgan fingerprint density at radius 1 is 1.30 bits per heavy atom. The number of fused-ring (bicyclic) bond motifs is 2. The number of methoxy groups -OCH3 is 1. The first-order valence-electron chi connectivity index (χ1n) is 9.42. The van der Waals surface area contributed by atoms with Gasteiger partial charge in [-0.15, -0.1) is 11.3 Å². The van der Waals surface area contributed by atoms with Crippen LogP contribution in [0.3, 0.4) is 0 Å². The van der Waals surface area contributed by atoms with Crippen LogP contribution in [-0.4, -0.2) is 29.6 Å². The van der Waals surface area contributed by atoms with E-state index in [1.165, 1.54) is 23.1 Å². The molecular weight excluding hydrogens is 376 g/mol. The van der Waals surface area contributed by atoms with Crippen LogP contribution >= 0.6 is 23.6 Å². The van der Waals surface area contributed by atoms with Gasteiger partial charge in [-0.2, -0.15) is 0 Å². The fourth-order valence-electron chi connectivity index (χ4n) is 4.00. The molecule has 142 valence electrons. The van der Waals surface area contributed by atoms with Crippen LogP contribution < -0.4 is 5.32 Å². The van der Waals surface area contributed by atoms with Crippen molar-refractivity contribution in [2.24, 2.45) is 5.92 Å². The summed E-state index contributed by atoms with van der Waals surface area (Å²) in [7, 11) is 1.45. The maximum Gasteiger partial charge on any atom is 0.341 e. The Morgan fingerprint density at radius 3 is 2.85 bits per heavy atom. The normalized spacial score (nSPS) is 18.4. The molecule has 0 amide bonds. The molecule has 0 bridgehead atoms. The molecule has 1 atom stereocenters. The Morgan fingerprint density at radius 2 is 2.07 bits per heavy atom. The van der Waals surface area contributed by atoms with E-state index in [9.17, 15) is 4.79 Å². The summed E-state index contributed by atoms with van der Waals surface area (Å²) < 4.78 is 5.07. The molecule has 1 aromatic carbocycles. The van der Waals surface area contributed by atoms with Gasteiger partial charge in [-0.1, -0.05) is 31.2 Å². The van der Waals surface area contributed by atoms with Crippen LogP contribution in [0, 0.1) is 5.92 Å². The van der Waals surface area contributed by atoms with Gasteiger partial charge in [0.15, 0.2) is 5.11 Å². The number of esters is 1. The number of anilines is 1. The van der Waals surface area contributed by atoms with Gasteiger partial charge >= 0.3 is 5.97 Å². The van der Waals surface area contributed by atoms with Crippen LogP contribution in [0.1, 0.15) is 45.3 Å². The monoisotopic (exact) mass is 400 g/mol. The van der Waals surface area contributed by atoms with E-state index in [0.717, 1.165) is 49.3 Å². The lowest BCUT2D eigenvalue weighted by molar-refractivity contribution is 0.0601. The topological polar surface area (TPSA) is 41.6 Å². The first-order valence-corrected chi connectivity index (χ1v) is 10.6. The number of benzene rings is 1. The minimum Gasteiger partial charge on any atom is -0.465 e. The molecule has 2 aromatic rings. The number of hydrogen-bond donors (Lipinski definition) is 1. The van der Waals surface area contributed by atoms with E-state index >= 15 is 0 Å². The minimum atomic E-state index is -0.267. The number of thiocarbonyl (C=S) groups is 1. The lowest BCUT2D eigenvalue weighted by Crippen LogP contribution is -2.38. The summed E-state index contributed by atoms with van der Waals surface area (Å²) in [6.07, 6.45) is 4.05. The number of ether oxygens (including phenoxy) is 1. The second kappa shape index (κ2) is 7.60. The summed E-state index contributed by atoms with van der Waals surface area (Å²) in [6.45, 7) is 3.96. The van der Waals surface area contributed by atoms with Crippen molar-refractivity contribution in [3.05, 3.63) is 51.4 Å². The molecule has 2 aliphatic rings. The largest absolute Gasteiger partial charge is 0.465 e. The number of thiophene rings is 1. The van der Waals surface area contributed by atoms with Crippen molar-refractivity contribution in [3.63, 3.8) is 0 Å². The molecule has 4 nitrogen and oxygen atoms in total. The van der Waals surface area contributed by atoms with Gasteiger partial charge in [0.25, 0.3) is 0 Å². The lowest BCUT2D eigenvalue weighted by atomic mass is 9.88. The zero-order chi connectivity index (χ0) is 19.0. The molecular formula is C21H24N2O2S2. The SMILES string of the molecule is COC(=O)c1c(NC(=S)N2CCc3ccccc3C2)sc2c1CC[C@@H](C)C2. The Bertz CT molecular complexity index is 890.